The van der Waals surface area contributed by atoms with Crippen LogP contribution in [-0.4, -0.2) is 44.7 Å². The molecule has 3 aromatic rings. The van der Waals surface area contributed by atoms with Gasteiger partial charge in [-0.2, -0.15) is 0 Å². The molecular weight excluding hydrogens is 526 g/mol. The van der Waals surface area contributed by atoms with Gasteiger partial charge in [0.2, 0.25) is 0 Å². The van der Waals surface area contributed by atoms with Gasteiger partial charge in [0, 0.05) is 12.2 Å². The molecule has 0 spiro atoms. The predicted octanol–water partition coefficient (Wildman–Crippen LogP) is 5.41. The number of aromatic hydroxyl groups is 1. The maximum Gasteiger partial charge on any atom is 0.308 e. The predicted molar refractivity (Wildman–Crippen MR) is 148 cm³/mol. The number of anilines is 2. The summed E-state index contributed by atoms with van der Waals surface area (Å²) in [6, 6.07) is 10.8. The van der Waals surface area contributed by atoms with Crippen LogP contribution in [0.1, 0.15) is 38.3 Å². The maximum atomic E-state index is 13.2. The van der Waals surface area contributed by atoms with Crippen LogP contribution in [0, 0.1) is 18.8 Å². The first-order valence-corrected chi connectivity index (χ1v) is 14.9. The fraction of sp³-hybridized carbons (Fsp3) is 0.407. The Hall–Kier alpha value is -3.31. The van der Waals surface area contributed by atoms with Gasteiger partial charge in [-0.05, 0) is 93.5 Å². The molecule has 9 nitrogen and oxygen atoms in total. The van der Waals surface area contributed by atoms with Gasteiger partial charge in [-0.3, -0.25) is 9.52 Å². The van der Waals surface area contributed by atoms with Crippen molar-refractivity contribution in [3.05, 3.63) is 48.2 Å². The zero-order chi connectivity index (χ0) is 27.3. The lowest BCUT2D eigenvalue weighted by Crippen LogP contribution is -2.26. The highest BCUT2D eigenvalue weighted by Crippen LogP contribution is 2.37. The summed E-state index contributed by atoms with van der Waals surface area (Å²) in [5.74, 6) is 0.639. The van der Waals surface area contributed by atoms with Crippen LogP contribution in [0.15, 0.2) is 47.4 Å². The number of carbonyl (C=O) groups is 1. The Morgan fingerprint density at radius 1 is 1.13 bits per heavy atom. The van der Waals surface area contributed by atoms with Crippen LogP contribution in [0.5, 0.6) is 11.5 Å². The van der Waals surface area contributed by atoms with Crippen LogP contribution in [-0.2, 0) is 19.6 Å². The molecular formula is C27H33N3O6S2. The lowest BCUT2D eigenvalue weighted by atomic mass is 9.82. The molecule has 0 amide bonds. The second-order valence-corrected chi connectivity index (χ2v) is 12.0. The van der Waals surface area contributed by atoms with Crippen LogP contribution in [0.2, 0.25) is 0 Å². The second-order valence-electron chi connectivity index (χ2n) is 9.30. The minimum atomic E-state index is -3.97. The summed E-state index contributed by atoms with van der Waals surface area (Å²) in [6.07, 6.45) is 3.60. The average Bonchev–Trinajstić information content (AvgIpc) is 3.29. The number of thiazole rings is 1. The number of nitrogens with zero attached hydrogens (tertiary/aromatic N) is 1. The summed E-state index contributed by atoms with van der Waals surface area (Å²) >= 11 is 1.47. The van der Waals surface area contributed by atoms with Crippen LogP contribution in [0.4, 0.5) is 10.8 Å². The lowest BCUT2D eigenvalue weighted by Gasteiger charge is -2.27. The van der Waals surface area contributed by atoms with E-state index in [4.69, 9.17) is 9.47 Å². The topological polar surface area (TPSA) is 127 Å². The summed E-state index contributed by atoms with van der Waals surface area (Å²) in [5.41, 5.74) is 1.84. The number of aromatic nitrogens is 1. The van der Waals surface area contributed by atoms with Gasteiger partial charge in [-0.1, -0.05) is 11.3 Å². The van der Waals surface area contributed by atoms with E-state index in [1.54, 1.807) is 12.1 Å². The zero-order valence-corrected chi connectivity index (χ0v) is 23.3. The Labute approximate surface area is 227 Å². The number of nitrogens with one attached hydrogen (secondary N) is 2. The van der Waals surface area contributed by atoms with Gasteiger partial charge in [-0.25, -0.2) is 13.4 Å². The Kier molecular flexibility index (Phi) is 8.78. The molecule has 3 N–H and O–H groups in total. The number of rotatable bonds is 10. The first-order chi connectivity index (χ1) is 18.2. The number of phenolic OH excluding ortho intramolecular Hbond substituents is 1. The second kappa shape index (κ2) is 12.0. The highest BCUT2D eigenvalue weighted by molar-refractivity contribution is 7.92. The minimum Gasteiger partial charge on any atom is -0.508 e. The third-order valence-electron chi connectivity index (χ3n) is 6.64. The fourth-order valence-corrected chi connectivity index (χ4v) is 6.83. The van der Waals surface area contributed by atoms with Crippen molar-refractivity contribution in [2.75, 3.05) is 30.3 Å². The van der Waals surface area contributed by atoms with Crippen molar-refractivity contribution in [2.24, 2.45) is 11.8 Å². The number of benzene rings is 2. The molecule has 0 aliphatic heterocycles. The van der Waals surface area contributed by atoms with Crippen molar-refractivity contribution in [2.45, 2.75) is 44.4 Å². The van der Waals surface area contributed by atoms with E-state index < -0.39 is 10.0 Å². The van der Waals surface area contributed by atoms with Gasteiger partial charge in [0.05, 0.1) is 30.2 Å². The smallest absolute Gasteiger partial charge is 0.308 e. The fourth-order valence-electron chi connectivity index (χ4n) is 4.60. The van der Waals surface area contributed by atoms with Gasteiger partial charge < -0.3 is 19.9 Å². The number of aryl methyl sites for hydroxylation is 1. The van der Waals surface area contributed by atoms with Crippen LogP contribution < -0.4 is 14.8 Å². The number of esters is 1. The van der Waals surface area contributed by atoms with Gasteiger partial charge in [0.25, 0.3) is 10.0 Å². The van der Waals surface area contributed by atoms with Gasteiger partial charge in [0.15, 0.2) is 5.13 Å². The number of carbonyl (C=O) groups excluding carboxylic acids is 1. The first-order valence-electron chi connectivity index (χ1n) is 12.6. The number of sulfonamides is 1. The average molecular weight is 560 g/mol. The van der Waals surface area contributed by atoms with E-state index in [2.05, 4.69) is 15.0 Å². The van der Waals surface area contributed by atoms with Gasteiger partial charge >= 0.3 is 5.97 Å². The Morgan fingerprint density at radius 3 is 2.50 bits per heavy atom. The monoisotopic (exact) mass is 559 g/mol. The van der Waals surface area contributed by atoms with E-state index >= 15 is 0 Å². The van der Waals surface area contributed by atoms with Crippen molar-refractivity contribution >= 4 is 38.1 Å². The van der Waals surface area contributed by atoms with Crippen molar-refractivity contribution in [3.8, 4) is 21.9 Å². The number of ether oxygens (including phenoxy) is 2. The molecule has 11 heteroatoms. The van der Waals surface area contributed by atoms with E-state index in [1.165, 1.54) is 42.7 Å². The number of methoxy groups -OCH3 is 1. The third-order valence-corrected chi connectivity index (χ3v) is 9.21. The number of hydrogen-bond donors (Lipinski definition) is 3. The molecule has 1 aliphatic rings. The van der Waals surface area contributed by atoms with E-state index in [9.17, 15) is 18.3 Å². The molecule has 1 fully saturated rings. The van der Waals surface area contributed by atoms with Crippen molar-refractivity contribution < 1.29 is 27.8 Å². The van der Waals surface area contributed by atoms with Crippen LogP contribution >= 0.6 is 11.3 Å². The summed E-state index contributed by atoms with van der Waals surface area (Å²) < 4.78 is 39.5. The quantitative estimate of drug-likeness (QED) is 0.222. The molecule has 0 saturated heterocycles. The highest BCUT2D eigenvalue weighted by atomic mass is 32.2. The summed E-state index contributed by atoms with van der Waals surface area (Å²) in [5, 5.41) is 13.7. The van der Waals surface area contributed by atoms with Crippen molar-refractivity contribution in [3.63, 3.8) is 0 Å². The van der Waals surface area contributed by atoms with E-state index in [0.717, 1.165) is 53.5 Å². The van der Waals surface area contributed by atoms with Gasteiger partial charge in [-0.15, -0.1) is 0 Å². The number of phenols is 1. The maximum absolute atomic E-state index is 13.2. The lowest BCUT2D eigenvalue weighted by molar-refractivity contribution is -0.149. The molecule has 204 valence electrons. The molecule has 1 aromatic heterocycles. The molecule has 0 bridgehead atoms. The highest BCUT2D eigenvalue weighted by Gasteiger charge is 2.27. The summed E-state index contributed by atoms with van der Waals surface area (Å²) in [4.78, 5) is 17.5. The molecule has 0 unspecified atom stereocenters. The standard InChI is InChI=1S/C27H33N3O6S2/c1-4-36-26(32)19-7-5-18(6-8-19)16-28-27-29-17(2)25(37-27)20-9-14-23(35-3)24(15-20)38(33,34)30-21-10-12-22(31)13-11-21/h9-15,18-19,30-31H,4-8,16H2,1-3H3,(H,28,29). The first kappa shape index (κ1) is 27.7. The van der Waals surface area contributed by atoms with Crippen LogP contribution in [0.3, 0.4) is 0 Å². The molecule has 4 rings (SSSR count). The number of hydrogen-bond acceptors (Lipinski definition) is 9. The normalized spacial score (nSPS) is 17.6. The molecule has 1 aliphatic carbocycles. The zero-order valence-electron chi connectivity index (χ0n) is 21.7. The molecule has 0 atom stereocenters. The molecule has 38 heavy (non-hydrogen) atoms. The molecule has 1 heterocycles. The molecule has 2 aromatic carbocycles. The van der Waals surface area contributed by atoms with Crippen molar-refractivity contribution in [1.29, 1.82) is 0 Å². The molecule has 0 radical (unpaired) electrons. The molecule has 1 saturated carbocycles. The van der Waals surface area contributed by atoms with E-state index in [-0.39, 0.29) is 28.3 Å². The largest absolute Gasteiger partial charge is 0.508 e. The third kappa shape index (κ3) is 6.57. The summed E-state index contributed by atoms with van der Waals surface area (Å²) in [6.45, 7) is 4.91. The Bertz CT molecular complexity index is 1360. The van der Waals surface area contributed by atoms with E-state index in [0.29, 0.717) is 18.2 Å². The SMILES string of the molecule is CCOC(=O)C1CCC(CNc2nc(C)c(-c3ccc(OC)c(S(=O)(=O)Nc4ccc(O)cc4)c3)s2)CC1. The Balaban J connectivity index is 1.46. The Morgan fingerprint density at radius 2 is 1.84 bits per heavy atom. The summed E-state index contributed by atoms with van der Waals surface area (Å²) in [7, 11) is -2.54. The van der Waals surface area contributed by atoms with Crippen molar-refractivity contribution in [1.82, 2.24) is 4.98 Å². The van der Waals surface area contributed by atoms with Gasteiger partial charge in [0.1, 0.15) is 16.4 Å². The minimum absolute atomic E-state index is 0.00369. The van der Waals surface area contributed by atoms with Crippen LogP contribution in [0.25, 0.3) is 10.4 Å². The van der Waals surface area contributed by atoms with E-state index in [1.807, 2.05) is 19.9 Å².